The van der Waals surface area contributed by atoms with Gasteiger partial charge in [0.1, 0.15) is 11.3 Å². The minimum atomic E-state index is -0.111. The molecule has 1 aromatic carbocycles. The number of furan rings is 1. The maximum absolute atomic E-state index is 12.7. The summed E-state index contributed by atoms with van der Waals surface area (Å²) in [7, 11) is 0. The van der Waals surface area contributed by atoms with Crippen molar-refractivity contribution in [3.8, 4) is 11.8 Å². The van der Waals surface area contributed by atoms with E-state index in [0.717, 1.165) is 22.7 Å². The molecule has 2 aromatic heterocycles. The summed E-state index contributed by atoms with van der Waals surface area (Å²) in [6.45, 7) is 2.75. The number of H-pyrrole nitrogens is 1. The van der Waals surface area contributed by atoms with E-state index in [4.69, 9.17) is 19.8 Å². The van der Waals surface area contributed by atoms with Gasteiger partial charge < -0.3 is 24.4 Å². The molecule has 4 rings (SSSR count). The van der Waals surface area contributed by atoms with E-state index in [0.29, 0.717) is 35.9 Å². The number of nitrogens with zero attached hydrogens (tertiary/aromatic N) is 2. The van der Waals surface area contributed by atoms with Crippen LogP contribution in [0.5, 0.6) is 5.75 Å². The molecule has 140 valence electrons. The third kappa shape index (κ3) is 3.05. The number of aromatic amines is 1. The highest BCUT2D eigenvalue weighted by Gasteiger charge is 2.32. The zero-order valence-electron chi connectivity index (χ0n) is 15.2. The minimum Gasteiger partial charge on any atom is -0.464 e. The van der Waals surface area contributed by atoms with Gasteiger partial charge in [-0.2, -0.15) is 5.26 Å². The van der Waals surface area contributed by atoms with Crippen molar-refractivity contribution in [1.82, 2.24) is 9.88 Å². The number of carbonyl (C=O) groups is 1. The van der Waals surface area contributed by atoms with E-state index in [1.54, 1.807) is 23.4 Å². The third-order valence-electron chi connectivity index (χ3n) is 4.85. The van der Waals surface area contributed by atoms with E-state index in [-0.39, 0.29) is 11.8 Å². The molecule has 1 saturated heterocycles. The van der Waals surface area contributed by atoms with Gasteiger partial charge in [0.25, 0.3) is 5.91 Å². The number of aromatic nitrogens is 1. The van der Waals surface area contributed by atoms with E-state index in [1.165, 1.54) is 6.08 Å². The largest absolute Gasteiger partial charge is 0.464 e. The van der Waals surface area contributed by atoms with Crippen molar-refractivity contribution in [2.45, 2.75) is 6.92 Å². The first-order valence-electron chi connectivity index (χ1n) is 8.84. The molecule has 0 spiro atoms. The Balaban J connectivity index is 1.59. The van der Waals surface area contributed by atoms with Gasteiger partial charge in [-0.25, -0.2) is 0 Å². The molecular formula is C21H18N4O3. The molecule has 0 atom stereocenters. The lowest BCUT2D eigenvalue weighted by molar-refractivity contribution is 0.0577. The lowest BCUT2D eigenvalue weighted by Gasteiger charge is -2.35. The molecule has 0 radical (unpaired) electrons. The van der Waals surface area contributed by atoms with Crippen molar-refractivity contribution in [3.05, 3.63) is 59.6 Å². The minimum absolute atomic E-state index is 0.0859. The molecule has 3 heterocycles. The van der Waals surface area contributed by atoms with Crippen molar-refractivity contribution in [3.63, 3.8) is 0 Å². The monoisotopic (exact) mass is 374 g/mol. The molecule has 1 fully saturated rings. The van der Waals surface area contributed by atoms with Crippen LogP contribution in [0.2, 0.25) is 0 Å². The average Bonchev–Trinajstić information content (AvgIpc) is 3.26. The maximum atomic E-state index is 12.7. The van der Waals surface area contributed by atoms with Crippen molar-refractivity contribution in [2.24, 2.45) is 5.92 Å². The fraction of sp³-hybridized carbons (Fsp3) is 0.190. The van der Waals surface area contributed by atoms with Crippen LogP contribution in [0.3, 0.4) is 0 Å². The van der Waals surface area contributed by atoms with E-state index in [1.807, 2.05) is 25.1 Å². The van der Waals surface area contributed by atoms with Crippen LogP contribution in [0.1, 0.15) is 21.6 Å². The lowest BCUT2D eigenvalue weighted by Crippen LogP contribution is -2.49. The molecule has 7 heteroatoms. The molecule has 1 aliphatic rings. The second-order valence-corrected chi connectivity index (χ2v) is 6.66. The summed E-state index contributed by atoms with van der Waals surface area (Å²) >= 11 is 0. The number of rotatable bonds is 5. The normalized spacial score (nSPS) is 14.6. The van der Waals surface area contributed by atoms with Crippen LogP contribution in [0.4, 0.5) is 0 Å². The van der Waals surface area contributed by atoms with Gasteiger partial charge >= 0.3 is 0 Å². The van der Waals surface area contributed by atoms with Crippen LogP contribution in [0, 0.1) is 29.6 Å². The molecule has 0 bridgehead atoms. The van der Waals surface area contributed by atoms with Gasteiger partial charge in [0.05, 0.1) is 29.5 Å². The summed E-state index contributed by atoms with van der Waals surface area (Å²) in [6.07, 6.45) is 5.93. The number of amides is 1. The second kappa shape index (κ2) is 7.08. The van der Waals surface area contributed by atoms with Gasteiger partial charge in [0.15, 0.2) is 5.76 Å². The molecule has 3 aromatic rings. The lowest BCUT2D eigenvalue weighted by atomic mass is 10.00. The van der Waals surface area contributed by atoms with Crippen molar-refractivity contribution in [1.29, 1.82) is 10.7 Å². The Bertz CT molecular complexity index is 1130. The summed E-state index contributed by atoms with van der Waals surface area (Å²) in [4.78, 5) is 17.4. The van der Waals surface area contributed by atoms with Crippen molar-refractivity contribution in [2.75, 3.05) is 13.1 Å². The fourth-order valence-electron chi connectivity index (χ4n) is 3.25. The van der Waals surface area contributed by atoms with Crippen LogP contribution in [-0.4, -0.2) is 35.1 Å². The summed E-state index contributed by atoms with van der Waals surface area (Å²) in [6, 6.07) is 9.47. The Morgan fingerprint density at radius 1 is 1.43 bits per heavy atom. The first-order chi connectivity index (χ1) is 13.6. The Morgan fingerprint density at radius 2 is 2.25 bits per heavy atom. The van der Waals surface area contributed by atoms with Crippen LogP contribution in [-0.2, 0) is 0 Å². The van der Waals surface area contributed by atoms with E-state index >= 15 is 0 Å². The molecular weight excluding hydrogens is 356 g/mol. The van der Waals surface area contributed by atoms with Crippen molar-refractivity contribution >= 4 is 28.9 Å². The standard InChI is InChI=1S/C21H18N4O3/c1-13-17(21(26)25-11-14(9-23)12-25)10-24-20(13)19(4-6-22)28-16-2-3-18-15(8-16)5-7-27-18/h2-8,10,14,22,24H,11-12H2,1H3/b19-4+,22-6?. The number of hydrogen-bond acceptors (Lipinski definition) is 5. The predicted molar refractivity (Wildman–Crippen MR) is 104 cm³/mol. The molecule has 0 saturated carbocycles. The fourth-order valence-corrected chi connectivity index (χ4v) is 3.25. The van der Waals surface area contributed by atoms with Gasteiger partial charge in [0.2, 0.25) is 0 Å². The Kier molecular flexibility index (Phi) is 4.45. The Hall–Kier alpha value is -3.79. The first kappa shape index (κ1) is 17.6. The summed E-state index contributed by atoms with van der Waals surface area (Å²) in [5, 5.41) is 17.3. The summed E-state index contributed by atoms with van der Waals surface area (Å²) in [5.41, 5.74) is 2.68. The highest BCUT2D eigenvalue weighted by molar-refractivity contribution is 5.97. The van der Waals surface area contributed by atoms with Crippen LogP contribution in [0.25, 0.3) is 16.7 Å². The zero-order valence-corrected chi connectivity index (χ0v) is 15.2. The number of hydrogen-bond donors (Lipinski definition) is 2. The van der Waals surface area contributed by atoms with Gasteiger partial charge in [-0.3, -0.25) is 4.79 Å². The van der Waals surface area contributed by atoms with Gasteiger partial charge in [-0.1, -0.05) is 0 Å². The maximum Gasteiger partial charge on any atom is 0.255 e. The molecule has 28 heavy (non-hydrogen) atoms. The highest BCUT2D eigenvalue weighted by Crippen LogP contribution is 2.29. The number of benzene rings is 1. The quantitative estimate of drug-likeness (QED) is 0.524. The zero-order chi connectivity index (χ0) is 19.7. The molecule has 1 amide bonds. The number of nitriles is 1. The molecule has 0 unspecified atom stereocenters. The summed E-state index contributed by atoms with van der Waals surface area (Å²) < 4.78 is 11.3. The van der Waals surface area contributed by atoms with E-state index in [9.17, 15) is 4.79 Å². The molecule has 2 N–H and O–H groups in total. The molecule has 1 aliphatic heterocycles. The van der Waals surface area contributed by atoms with Crippen molar-refractivity contribution < 1.29 is 13.9 Å². The Morgan fingerprint density at radius 3 is 3.00 bits per heavy atom. The number of likely N-dealkylation sites (tertiary alicyclic amines) is 1. The molecule has 0 aliphatic carbocycles. The summed E-state index contributed by atoms with van der Waals surface area (Å²) in [5.74, 6) is 0.842. The SMILES string of the molecule is Cc1c(C(=O)N2CC(C#N)C2)c[nH]c1/C(=C\C=N)Oc1ccc2occc2c1. The highest BCUT2D eigenvalue weighted by atomic mass is 16.5. The molecule has 7 nitrogen and oxygen atoms in total. The average molecular weight is 374 g/mol. The number of ether oxygens (including phenoxy) is 1. The van der Waals surface area contributed by atoms with Crippen LogP contribution in [0.15, 0.2) is 47.2 Å². The van der Waals surface area contributed by atoms with E-state index in [2.05, 4.69) is 11.1 Å². The van der Waals surface area contributed by atoms with E-state index < -0.39 is 0 Å². The number of nitrogens with one attached hydrogen (secondary N) is 2. The number of fused-ring (bicyclic) bond motifs is 1. The predicted octanol–water partition coefficient (Wildman–Crippen LogP) is 3.73. The van der Waals surface area contributed by atoms with Gasteiger partial charge in [-0.05, 0) is 36.8 Å². The number of allylic oxidation sites excluding steroid dienone is 1. The smallest absolute Gasteiger partial charge is 0.255 e. The van der Waals surface area contributed by atoms with Gasteiger partial charge in [0, 0.05) is 37.0 Å². The first-order valence-corrected chi connectivity index (χ1v) is 8.84. The third-order valence-corrected chi connectivity index (χ3v) is 4.85. The van der Waals surface area contributed by atoms with Crippen LogP contribution >= 0.6 is 0 Å². The Labute approximate surface area is 161 Å². The van der Waals surface area contributed by atoms with Gasteiger partial charge in [-0.15, -0.1) is 0 Å². The topological polar surface area (TPSA) is 106 Å². The number of carbonyl (C=O) groups excluding carboxylic acids is 1. The van der Waals surface area contributed by atoms with Crippen LogP contribution < -0.4 is 4.74 Å². The second-order valence-electron chi connectivity index (χ2n) is 6.66.